The zero-order chi connectivity index (χ0) is 13.2. The van der Waals surface area contributed by atoms with E-state index in [4.69, 9.17) is 11.6 Å². The van der Waals surface area contributed by atoms with Crippen molar-refractivity contribution in [2.45, 2.75) is 49.4 Å². The summed E-state index contributed by atoms with van der Waals surface area (Å²) in [4.78, 5) is 1.31. The van der Waals surface area contributed by atoms with Crippen molar-refractivity contribution in [1.29, 1.82) is 0 Å². The molecule has 1 aromatic heterocycles. The van der Waals surface area contributed by atoms with Crippen molar-refractivity contribution in [2.75, 3.05) is 6.54 Å². The van der Waals surface area contributed by atoms with Crippen molar-refractivity contribution in [3.05, 3.63) is 16.3 Å². The third-order valence-electron chi connectivity index (χ3n) is 3.05. The van der Waals surface area contributed by atoms with Gasteiger partial charge in [-0.1, -0.05) is 13.3 Å². The second kappa shape index (κ2) is 5.90. The first-order chi connectivity index (χ1) is 8.59. The minimum atomic E-state index is -3.31. The summed E-state index contributed by atoms with van der Waals surface area (Å²) in [5.41, 5.74) is 0. The second-order valence-corrected chi connectivity index (χ2v) is 7.74. The van der Waals surface area contributed by atoms with E-state index in [-0.39, 0.29) is 6.04 Å². The molecule has 0 spiro atoms. The Morgan fingerprint density at radius 2 is 2.22 bits per heavy atom. The highest BCUT2D eigenvalue weighted by molar-refractivity contribution is 7.89. The van der Waals surface area contributed by atoms with Gasteiger partial charge in [0, 0.05) is 22.8 Å². The van der Waals surface area contributed by atoms with Gasteiger partial charge in [-0.3, -0.25) is 0 Å². The molecular formula is C12H18ClNO2S2. The topological polar surface area (TPSA) is 37.4 Å². The fourth-order valence-electron chi connectivity index (χ4n) is 1.88. The van der Waals surface area contributed by atoms with Crippen LogP contribution in [0.5, 0.6) is 0 Å². The first-order valence-corrected chi connectivity index (χ1v) is 9.10. The zero-order valence-corrected chi connectivity index (χ0v) is 12.8. The maximum atomic E-state index is 12.5. The molecule has 1 heterocycles. The highest BCUT2D eigenvalue weighted by atomic mass is 35.5. The molecule has 1 aliphatic rings. The summed E-state index contributed by atoms with van der Waals surface area (Å²) < 4.78 is 26.8. The molecule has 0 amide bonds. The molecule has 1 fully saturated rings. The smallest absolute Gasteiger partial charge is 0.207 e. The number of rotatable bonds is 7. The zero-order valence-electron chi connectivity index (χ0n) is 10.4. The molecule has 3 nitrogen and oxygen atoms in total. The van der Waals surface area contributed by atoms with Crippen LogP contribution in [0.25, 0.3) is 0 Å². The van der Waals surface area contributed by atoms with Crippen LogP contribution in [0.15, 0.2) is 16.3 Å². The highest BCUT2D eigenvalue weighted by Crippen LogP contribution is 2.33. The number of nitrogens with zero attached hydrogens (tertiary/aromatic N) is 1. The molecule has 18 heavy (non-hydrogen) atoms. The van der Waals surface area contributed by atoms with Crippen LogP contribution in [0.1, 0.15) is 37.5 Å². The molecule has 0 aliphatic heterocycles. The van der Waals surface area contributed by atoms with Gasteiger partial charge in [0.1, 0.15) is 0 Å². The fourth-order valence-corrected chi connectivity index (χ4v) is 4.98. The summed E-state index contributed by atoms with van der Waals surface area (Å²) in [6, 6.07) is 1.93. The number of sulfonamides is 1. The molecule has 0 radical (unpaired) electrons. The molecule has 6 heteroatoms. The average Bonchev–Trinajstić information content (AvgIpc) is 3.05. The van der Waals surface area contributed by atoms with E-state index in [0.29, 0.717) is 17.3 Å². The normalized spacial score (nSPS) is 16.4. The van der Waals surface area contributed by atoms with E-state index >= 15 is 0 Å². The molecule has 102 valence electrons. The molecule has 0 saturated heterocycles. The molecule has 0 aromatic carbocycles. The number of hydrogen-bond acceptors (Lipinski definition) is 3. The number of thiophene rings is 1. The standard InChI is InChI=1S/C12H18ClNO2S2/c1-2-3-6-14(10-4-5-10)18(15,16)12-7-11(8-13)17-9-12/h7,9-10H,2-6,8H2,1H3. The van der Waals surface area contributed by atoms with Crippen LogP contribution >= 0.6 is 22.9 Å². The monoisotopic (exact) mass is 307 g/mol. The van der Waals surface area contributed by atoms with Crippen LogP contribution in [0.3, 0.4) is 0 Å². The highest BCUT2D eigenvalue weighted by Gasteiger charge is 2.37. The SMILES string of the molecule is CCCCN(C1CC1)S(=O)(=O)c1csc(CCl)c1. The lowest BCUT2D eigenvalue weighted by molar-refractivity contribution is 0.396. The van der Waals surface area contributed by atoms with Gasteiger partial charge in [-0.05, 0) is 25.3 Å². The van der Waals surface area contributed by atoms with E-state index in [1.54, 1.807) is 15.8 Å². The van der Waals surface area contributed by atoms with Gasteiger partial charge in [-0.2, -0.15) is 4.31 Å². The first-order valence-electron chi connectivity index (χ1n) is 6.24. The van der Waals surface area contributed by atoms with E-state index in [2.05, 4.69) is 6.92 Å². The largest absolute Gasteiger partial charge is 0.244 e. The van der Waals surface area contributed by atoms with E-state index in [1.807, 2.05) is 0 Å². The predicted octanol–water partition coefficient (Wildman–Crippen LogP) is 3.44. The van der Waals surface area contributed by atoms with Gasteiger partial charge in [0.2, 0.25) is 10.0 Å². The molecule has 1 saturated carbocycles. The van der Waals surface area contributed by atoms with Crippen molar-refractivity contribution < 1.29 is 8.42 Å². The van der Waals surface area contributed by atoms with Crippen LogP contribution in [0, 0.1) is 0 Å². The number of hydrogen-bond donors (Lipinski definition) is 0. The third kappa shape index (κ3) is 3.07. The molecule has 0 atom stereocenters. The minimum Gasteiger partial charge on any atom is -0.207 e. The number of unbranched alkanes of at least 4 members (excludes halogenated alkanes) is 1. The summed E-state index contributed by atoms with van der Waals surface area (Å²) in [6.07, 6.45) is 3.92. The summed E-state index contributed by atoms with van der Waals surface area (Å²) in [5.74, 6) is 0.374. The average molecular weight is 308 g/mol. The molecule has 0 bridgehead atoms. The van der Waals surface area contributed by atoms with Crippen LogP contribution in [-0.4, -0.2) is 25.3 Å². The minimum absolute atomic E-state index is 0.223. The third-order valence-corrected chi connectivity index (χ3v) is 6.52. The maximum Gasteiger partial charge on any atom is 0.244 e. The molecule has 2 rings (SSSR count). The Bertz CT molecular complexity index is 494. The number of halogens is 1. The lowest BCUT2D eigenvalue weighted by atomic mass is 10.3. The molecule has 1 aromatic rings. The van der Waals surface area contributed by atoms with Crippen molar-refractivity contribution >= 4 is 33.0 Å². The van der Waals surface area contributed by atoms with E-state index < -0.39 is 10.0 Å². The Kier molecular flexibility index (Phi) is 4.69. The molecule has 1 aliphatic carbocycles. The Labute approximate surface area is 118 Å². The van der Waals surface area contributed by atoms with Gasteiger partial charge in [-0.25, -0.2) is 8.42 Å². The summed E-state index contributed by atoms with van der Waals surface area (Å²) >= 11 is 7.14. The van der Waals surface area contributed by atoms with Gasteiger partial charge in [0.25, 0.3) is 0 Å². The van der Waals surface area contributed by atoms with Crippen LogP contribution < -0.4 is 0 Å². The Balaban J connectivity index is 2.21. The molecule has 0 N–H and O–H groups in total. The summed E-state index contributed by atoms with van der Waals surface area (Å²) in [6.45, 7) is 2.71. The predicted molar refractivity (Wildman–Crippen MR) is 75.7 cm³/mol. The van der Waals surface area contributed by atoms with Gasteiger partial charge in [0.15, 0.2) is 0 Å². The van der Waals surface area contributed by atoms with Crippen molar-refractivity contribution in [3.8, 4) is 0 Å². The van der Waals surface area contributed by atoms with Gasteiger partial charge in [0.05, 0.1) is 10.8 Å². The Hall–Kier alpha value is -0.100. The van der Waals surface area contributed by atoms with E-state index in [1.165, 1.54) is 11.3 Å². The maximum absolute atomic E-state index is 12.5. The van der Waals surface area contributed by atoms with Crippen LogP contribution in [0.4, 0.5) is 0 Å². The Morgan fingerprint density at radius 1 is 1.50 bits per heavy atom. The molecule has 0 unspecified atom stereocenters. The van der Waals surface area contributed by atoms with Gasteiger partial charge >= 0.3 is 0 Å². The van der Waals surface area contributed by atoms with Crippen LogP contribution in [-0.2, 0) is 15.9 Å². The van der Waals surface area contributed by atoms with Crippen LogP contribution in [0.2, 0.25) is 0 Å². The lowest BCUT2D eigenvalue weighted by Gasteiger charge is -2.20. The van der Waals surface area contributed by atoms with Gasteiger partial charge < -0.3 is 0 Å². The Morgan fingerprint density at radius 3 is 2.72 bits per heavy atom. The van der Waals surface area contributed by atoms with Crippen molar-refractivity contribution in [2.24, 2.45) is 0 Å². The second-order valence-electron chi connectivity index (χ2n) is 4.58. The lowest BCUT2D eigenvalue weighted by Crippen LogP contribution is -2.33. The quantitative estimate of drug-likeness (QED) is 0.724. The van der Waals surface area contributed by atoms with Gasteiger partial charge in [-0.15, -0.1) is 22.9 Å². The summed E-state index contributed by atoms with van der Waals surface area (Å²) in [5, 5.41) is 1.70. The van der Waals surface area contributed by atoms with Crippen molar-refractivity contribution in [1.82, 2.24) is 4.31 Å². The summed E-state index contributed by atoms with van der Waals surface area (Å²) in [7, 11) is -3.31. The molecular weight excluding hydrogens is 290 g/mol. The fraction of sp³-hybridized carbons (Fsp3) is 0.667. The van der Waals surface area contributed by atoms with Crippen molar-refractivity contribution in [3.63, 3.8) is 0 Å². The van der Waals surface area contributed by atoms with E-state index in [9.17, 15) is 8.42 Å². The van der Waals surface area contributed by atoms with E-state index in [0.717, 1.165) is 30.6 Å². The first kappa shape index (κ1) is 14.3. The number of alkyl halides is 1.